The molecule has 0 aliphatic carbocycles. The van der Waals surface area contributed by atoms with Gasteiger partial charge in [0.15, 0.2) is 6.61 Å². The molecule has 0 atom stereocenters. The van der Waals surface area contributed by atoms with Crippen molar-refractivity contribution < 1.29 is 4.74 Å². The second-order valence-electron chi connectivity index (χ2n) is 2.16. The summed E-state index contributed by atoms with van der Waals surface area (Å²) in [6.45, 7) is 0.647. The molecule has 1 aromatic heterocycles. The summed E-state index contributed by atoms with van der Waals surface area (Å²) in [7, 11) is 0. The standard InChI is InChI=1S/C9H10N2O/c1-2-6-12-9-5-3-4-8(7-10)11-9/h1,3-5H,6-7,10H2. The lowest BCUT2D eigenvalue weighted by Crippen LogP contribution is -2.02. The largest absolute Gasteiger partial charge is 0.464 e. The van der Waals surface area contributed by atoms with Crippen LogP contribution in [0.5, 0.6) is 5.88 Å². The summed E-state index contributed by atoms with van der Waals surface area (Å²) in [4.78, 5) is 4.09. The SMILES string of the molecule is C#CCOc1cccc(CN)n1. The van der Waals surface area contributed by atoms with E-state index in [2.05, 4.69) is 10.9 Å². The summed E-state index contributed by atoms with van der Waals surface area (Å²) in [5.74, 6) is 2.88. The van der Waals surface area contributed by atoms with Gasteiger partial charge in [-0.1, -0.05) is 12.0 Å². The van der Waals surface area contributed by atoms with Crippen molar-refractivity contribution in [3.63, 3.8) is 0 Å². The first kappa shape index (κ1) is 8.57. The predicted molar refractivity (Wildman–Crippen MR) is 46.5 cm³/mol. The first-order chi connectivity index (χ1) is 5.86. The molecule has 62 valence electrons. The molecule has 1 aromatic rings. The van der Waals surface area contributed by atoms with Crippen molar-refractivity contribution in [1.82, 2.24) is 4.98 Å². The van der Waals surface area contributed by atoms with Crippen molar-refractivity contribution in [2.75, 3.05) is 6.61 Å². The van der Waals surface area contributed by atoms with Gasteiger partial charge in [-0.25, -0.2) is 4.98 Å². The molecule has 0 saturated heterocycles. The molecule has 0 fully saturated rings. The lowest BCUT2D eigenvalue weighted by molar-refractivity contribution is 0.354. The van der Waals surface area contributed by atoms with Gasteiger partial charge in [-0.15, -0.1) is 6.42 Å². The summed E-state index contributed by atoms with van der Waals surface area (Å²) < 4.78 is 5.09. The van der Waals surface area contributed by atoms with Gasteiger partial charge >= 0.3 is 0 Å². The number of aromatic nitrogens is 1. The van der Waals surface area contributed by atoms with Gasteiger partial charge in [0.25, 0.3) is 0 Å². The topological polar surface area (TPSA) is 48.1 Å². The van der Waals surface area contributed by atoms with Gasteiger partial charge < -0.3 is 10.5 Å². The Labute approximate surface area is 71.6 Å². The maximum Gasteiger partial charge on any atom is 0.214 e. The maximum absolute atomic E-state index is 5.39. The predicted octanol–water partition coefficient (Wildman–Crippen LogP) is 0.552. The Morgan fingerprint density at radius 2 is 2.42 bits per heavy atom. The Bertz CT molecular complexity index is 291. The summed E-state index contributed by atoms with van der Waals surface area (Å²) in [5, 5.41) is 0. The van der Waals surface area contributed by atoms with Crippen LogP contribution >= 0.6 is 0 Å². The van der Waals surface area contributed by atoms with Crippen molar-refractivity contribution in [2.45, 2.75) is 6.54 Å². The van der Waals surface area contributed by atoms with Gasteiger partial charge in [0.1, 0.15) is 0 Å². The van der Waals surface area contributed by atoms with E-state index < -0.39 is 0 Å². The molecule has 0 unspecified atom stereocenters. The average Bonchev–Trinajstić information content (AvgIpc) is 2.15. The van der Waals surface area contributed by atoms with Crippen molar-refractivity contribution in [2.24, 2.45) is 5.73 Å². The molecular weight excluding hydrogens is 152 g/mol. The van der Waals surface area contributed by atoms with E-state index in [9.17, 15) is 0 Å². The van der Waals surface area contributed by atoms with E-state index in [-0.39, 0.29) is 6.61 Å². The smallest absolute Gasteiger partial charge is 0.214 e. The zero-order valence-electron chi connectivity index (χ0n) is 6.66. The van der Waals surface area contributed by atoms with Crippen LogP contribution in [-0.2, 0) is 6.54 Å². The molecule has 0 saturated carbocycles. The first-order valence-electron chi connectivity index (χ1n) is 3.59. The lowest BCUT2D eigenvalue weighted by Gasteiger charge is -2.01. The van der Waals surface area contributed by atoms with Gasteiger partial charge in [0, 0.05) is 12.6 Å². The molecule has 2 N–H and O–H groups in total. The minimum Gasteiger partial charge on any atom is -0.464 e. The highest BCUT2D eigenvalue weighted by molar-refractivity contribution is 5.16. The van der Waals surface area contributed by atoms with Crippen molar-refractivity contribution in [1.29, 1.82) is 0 Å². The van der Waals surface area contributed by atoms with E-state index in [0.717, 1.165) is 5.69 Å². The molecule has 0 aromatic carbocycles. The Kier molecular flexibility index (Phi) is 3.12. The highest BCUT2D eigenvalue weighted by Gasteiger charge is 1.94. The Morgan fingerprint density at radius 1 is 1.58 bits per heavy atom. The van der Waals surface area contributed by atoms with Gasteiger partial charge in [-0.2, -0.15) is 0 Å². The zero-order chi connectivity index (χ0) is 8.81. The third kappa shape index (κ3) is 2.26. The monoisotopic (exact) mass is 162 g/mol. The van der Waals surface area contributed by atoms with Crippen molar-refractivity contribution in [3.8, 4) is 18.2 Å². The van der Waals surface area contributed by atoms with Gasteiger partial charge in [0.2, 0.25) is 5.88 Å². The second kappa shape index (κ2) is 4.37. The van der Waals surface area contributed by atoms with E-state index >= 15 is 0 Å². The molecule has 0 bridgehead atoms. The molecule has 3 heteroatoms. The third-order valence-electron chi connectivity index (χ3n) is 1.29. The molecule has 12 heavy (non-hydrogen) atoms. The van der Waals surface area contributed by atoms with Crippen LogP contribution in [0.25, 0.3) is 0 Å². The second-order valence-corrected chi connectivity index (χ2v) is 2.16. The average molecular weight is 162 g/mol. The van der Waals surface area contributed by atoms with E-state index in [0.29, 0.717) is 12.4 Å². The summed E-state index contributed by atoms with van der Waals surface area (Å²) in [6.07, 6.45) is 5.02. The number of ether oxygens (including phenoxy) is 1. The van der Waals surface area contributed by atoms with E-state index in [1.54, 1.807) is 6.07 Å². The Balaban J connectivity index is 2.67. The fraction of sp³-hybridized carbons (Fsp3) is 0.222. The molecule has 1 heterocycles. The highest BCUT2D eigenvalue weighted by atomic mass is 16.5. The van der Waals surface area contributed by atoms with Crippen molar-refractivity contribution in [3.05, 3.63) is 23.9 Å². The highest BCUT2D eigenvalue weighted by Crippen LogP contribution is 2.06. The number of rotatable bonds is 3. The van der Waals surface area contributed by atoms with Crippen LogP contribution in [0.4, 0.5) is 0 Å². The fourth-order valence-corrected chi connectivity index (χ4v) is 0.767. The molecule has 0 aliphatic rings. The Hall–Kier alpha value is -1.53. The van der Waals surface area contributed by atoms with Crippen LogP contribution in [0, 0.1) is 12.3 Å². The number of nitrogens with zero attached hydrogens (tertiary/aromatic N) is 1. The van der Waals surface area contributed by atoms with E-state index in [1.165, 1.54) is 0 Å². The molecule has 0 spiro atoms. The number of hydrogen-bond acceptors (Lipinski definition) is 3. The number of hydrogen-bond donors (Lipinski definition) is 1. The first-order valence-corrected chi connectivity index (χ1v) is 3.59. The number of terminal acetylenes is 1. The molecule has 3 nitrogen and oxygen atoms in total. The van der Waals surface area contributed by atoms with Gasteiger partial charge in [0.05, 0.1) is 5.69 Å². The van der Waals surface area contributed by atoms with Crippen LogP contribution in [0.2, 0.25) is 0 Å². The summed E-state index contributed by atoms with van der Waals surface area (Å²) in [6, 6.07) is 5.42. The Morgan fingerprint density at radius 3 is 3.08 bits per heavy atom. The fourth-order valence-electron chi connectivity index (χ4n) is 0.767. The molecule has 0 radical (unpaired) electrons. The summed E-state index contributed by atoms with van der Waals surface area (Å²) in [5.41, 5.74) is 6.18. The normalized spacial score (nSPS) is 9.00. The molecule has 0 aliphatic heterocycles. The van der Waals surface area contributed by atoms with Crippen LogP contribution in [0.3, 0.4) is 0 Å². The third-order valence-corrected chi connectivity index (χ3v) is 1.29. The van der Waals surface area contributed by atoms with Crippen LogP contribution < -0.4 is 10.5 Å². The lowest BCUT2D eigenvalue weighted by atomic mass is 10.3. The van der Waals surface area contributed by atoms with Crippen LogP contribution in [0.1, 0.15) is 5.69 Å². The maximum atomic E-state index is 5.39. The van der Waals surface area contributed by atoms with Crippen LogP contribution in [0.15, 0.2) is 18.2 Å². The zero-order valence-corrected chi connectivity index (χ0v) is 6.66. The van der Waals surface area contributed by atoms with Crippen molar-refractivity contribution >= 4 is 0 Å². The van der Waals surface area contributed by atoms with Gasteiger partial charge in [-0.05, 0) is 6.07 Å². The number of nitrogens with two attached hydrogens (primary N) is 1. The number of pyridine rings is 1. The minimum absolute atomic E-state index is 0.237. The van der Waals surface area contributed by atoms with E-state index in [1.807, 2.05) is 12.1 Å². The molecule has 0 amide bonds. The van der Waals surface area contributed by atoms with Crippen LogP contribution in [-0.4, -0.2) is 11.6 Å². The molecule has 1 rings (SSSR count). The molecular formula is C9H10N2O. The van der Waals surface area contributed by atoms with E-state index in [4.69, 9.17) is 16.9 Å². The summed E-state index contributed by atoms with van der Waals surface area (Å²) >= 11 is 0. The van der Waals surface area contributed by atoms with Gasteiger partial charge in [-0.3, -0.25) is 0 Å². The minimum atomic E-state index is 0.237. The quantitative estimate of drug-likeness (QED) is 0.660.